The number of rotatable bonds is 7. The molecule has 0 saturated carbocycles. The van der Waals surface area contributed by atoms with Gasteiger partial charge < -0.3 is 19.6 Å². The molecule has 0 fully saturated rings. The van der Waals surface area contributed by atoms with Gasteiger partial charge in [0.25, 0.3) is 6.47 Å². The minimum absolute atomic E-state index is 0.00851. The van der Waals surface area contributed by atoms with Gasteiger partial charge in [0.2, 0.25) is 0 Å². The lowest BCUT2D eigenvalue weighted by Gasteiger charge is -2.09. The van der Waals surface area contributed by atoms with Crippen LogP contribution in [0, 0.1) is 0 Å². The zero-order valence-electron chi connectivity index (χ0n) is 12.9. The summed E-state index contributed by atoms with van der Waals surface area (Å²) in [5.74, 6) is 0.0561. The molecular weight excluding hydrogens is 290 g/mol. The zero-order valence-corrected chi connectivity index (χ0v) is 12.9. The van der Waals surface area contributed by atoms with Gasteiger partial charge in [0.1, 0.15) is 17.1 Å². The first kappa shape index (κ1) is 19.4. The third kappa shape index (κ3) is 6.74. The van der Waals surface area contributed by atoms with E-state index in [0.717, 1.165) is 12.8 Å². The Morgan fingerprint density at radius 3 is 2.55 bits per heavy atom. The van der Waals surface area contributed by atoms with E-state index in [0.29, 0.717) is 18.5 Å². The van der Waals surface area contributed by atoms with Gasteiger partial charge in [-0.3, -0.25) is 9.59 Å². The number of ether oxygens (including phenoxy) is 1. The fourth-order valence-electron chi connectivity index (χ4n) is 1.55. The van der Waals surface area contributed by atoms with Crippen molar-refractivity contribution in [2.45, 2.75) is 25.7 Å². The Morgan fingerprint density at radius 1 is 1.45 bits per heavy atom. The van der Waals surface area contributed by atoms with E-state index in [1.54, 1.807) is 0 Å². The second-order valence-electron chi connectivity index (χ2n) is 4.35. The molecule has 0 radical (unpaired) electrons. The van der Waals surface area contributed by atoms with Crippen molar-refractivity contribution in [3.8, 4) is 5.75 Å². The quantitative estimate of drug-likeness (QED) is 0.736. The monoisotopic (exact) mass is 311 g/mol. The molecule has 0 spiro atoms. The van der Waals surface area contributed by atoms with Gasteiger partial charge in [-0.15, -0.1) is 0 Å². The van der Waals surface area contributed by atoms with Crippen LogP contribution in [0.15, 0.2) is 27.6 Å². The fourth-order valence-corrected chi connectivity index (χ4v) is 1.55. The molecule has 0 bridgehead atoms. The van der Waals surface area contributed by atoms with E-state index in [4.69, 9.17) is 9.21 Å². The third-order valence-corrected chi connectivity index (χ3v) is 2.74. The number of hydrogen-bond acceptors (Lipinski definition) is 7. The van der Waals surface area contributed by atoms with Gasteiger partial charge in [-0.25, -0.2) is 4.79 Å². The maximum Gasteiger partial charge on any atom is 0.350 e. The molecule has 0 amide bonds. The highest BCUT2D eigenvalue weighted by atomic mass is 16.5. The molecule has 0 aliphatic heterocycles. The molecule has 0 saturated heterocycles. The van der Waals surface area contributed by atoms with E-state index < -0.39 is 5.63 Å². The molecule has 0 aliphatic rings. The summed E-state index contributed by atoms with van der Waals surface area (Å²) >= 11 is 0. The molecule has 2 N–H and O–H groups in total. The Labute approximate surface area is 128 Å². The molecule has 0 aliphatic carbocycles. The van der Waals surface area contributed by atoms with E-state index >= 15 is 0 Å². The van der Waals surface area contributed by atoms with E-state index in [9.17, 15) is 14.7 Å². The van der Waals surface area contributed by atoms with Crippen LogP contribution in [0.4, 0.5) is 0 Å². The van der Waals surface area contributed by atoms with Crippen molar-refractivity contribution in [1.29, 1.82) is 0 Å². The molecule has 22 heavy (non-hydrogen) atoms. The van der Waals surface area contributed by atoms with Crippen LogP contribution in [-0.2, 0) is 9.53 Å². The largest absolute Gasteiger partial charge is 0.507 e. The normalized spacial score (nSPS) is 11.2. The Morgan fingerprint density at radius 2 is 2.09 bits per heavy atom. The number of methoxy groups -OCH3 is 1. The van der Waals surface area contributed by atoms with E-state index in [1.807, 2.05) is 26.2 Å². The average Bonchev–Trinajstić information content (AvgIpc) is 2.51. The van der Waals surface area contributed by atoms with Crippen LogP contribution in [0.2, 0.25) is 0 Å². The highest BCUT2D eigenvalue weighted by Crippen LogP contribution is 2.23. The molecule has 1 rings (SSSR count). The molecule has 1 atom stereocenters. The maximum absolute atomic E-state index is 11.4. The highest BCUT2D eigenvalue weighted by molar-refractivity contribution is 5.77. The predicted octanol–water partition coefficient (Wildman–Crippen LogP) is 1.56. The predicted molar refractivity (Wildman–Crippen MR) is 81.0 cm³/mol. The Bertz CT molecular complexity index is 549. The van der Waals surface area contributed by atoms with Crippen LogP contribution in [0.5, 0.6) is 5.75 Å². The summed E-state index contributed by atoms with van der Waals surface area (Å²) in [4.78, 5) is 30.9. The topological polar surface area (TPSA) is 106 Å². The van der Waals surface area contributed by atoms with E-state index in [1.165, 1.54) is 13.2 Å². The van der Waals surface area contributed by atoms with Gasteiger partial charge in [0.05, 0.1) is 7.11 Å². The van der Waals surface area contributed by atoms with Crippen molar-refractivity contribution in [3.05, 3.63) is 40.1 Å². The van der Waals surface area contributed by atoms with Gasteiger partial charge in [0, 0.05) is 19.0 Å². The summed E-state index contributed by atoms with van der Waals surface area (Å²) < 4.78 is 8.87. The van der Waals surface area contributed by atoms with Gasteiger partial charge in [-0.05, 0) is 19.0 Å². The lowest BCUT2D eigenvalue weighted by Crippen LogP contribution is -2.09. The van der Waals surface area contributed by atoms with Crippen molar-refractivity contribution in [2.75, 3.05) is 14.2 Å². The number of aldehydes is 1. The van der Waals surface area contributed by atoms with Crippen molar-refractivity contribution in [2.24, 2.45) is 0 Å². The molecule has 7 nitrogen and oxygen atoms in total. The highest BCUT2D eigenvalue weighted by Gasteiger charge is 2.14. The van der Waals surface area contributed by atoms with E-state index in [-0.39, 0.29) is 17.2 Å². The number of hydrogen-bond donors (Lipinski definition) is 2. The van der Waals surface area contributed by atoms with Crippen molar-refractivity contribution in [3.63, 3.8) is 0 Å². The van der Waals surface area contributed by atoms with Crippen LogP contribution >= 0.6 is 0 Å². The number of carbonyl (C=O) groups is 2. The molecule has 7 heteroatoms. The van der Waals surface area contributed by atoms with Gasteiger partial charge in [-0.1, -0.05) is 13.0 Å². The van der Waals surface area contributed by atoms with E-state index in [2.05, 4.69) is 10.1 Å². The second kappa shape index (κ2) is 11.1. The lowest BCUT2D eigenvalue weighted by atomic mass is 10.0. The summed E-state index contributed by atoms with van der Waals surface area (Å²) in [5.41, 5.74) is -1.13. The first-order valence-electron chi connectivity index (χ1n) is 6.62. The minimum Gasteiger partial charge on any atom is -0.507 e. The van der Waals surface area contributed by atoms with Gasteiger partial charge in [0.15, 0.2) is 6.29 Å². The van der Waals surface area contributed by atoms with Crippen LogP contribution in [0.1, 0.15) is 41.8 Å². The molecule has 1 heterocycles. The molecule has 1 aromatic heterocycles. The zero-order chi connectivity index (χ0) is 17.0. The van der Waals surface area contributed by atoms with Crippen molar-refractivity contribution in [1.82, 2.24) is 5.32 Å². The first-order chi connectivity index (χ1) is 10.5. The standard InChI is InChI=1S/C13H17NO4.C2H4O2/c1-9(5-3-4-6-14-2)12-7-11(16)10(8-15)13(17)18-12;1-4-2-3/h4,6-9,14,16H,3,5H2,1-2H3;2H,1H3/b6-4+;. The Hall–Kier alpha value is -2.57. The summed E-state index contributed by atoms with van der Waals surface area (Å²) in [5, 5.41) is 12.4. The van der Waals surface area contributed by atoms with Crippen molar-refractivity contribution >= 4 is 12.8 Å². The lowest BCUT2D eigenvalue weighted by molar-refractivity contribution is -0.126. The second-order valence-corrected chi connectivity index (χ2v) is 4.35. The van der Waals surface area contributed by atoms with Crippen LogP contribution < -0.4 is 10.9 Å². The summed E-state index contributed by atoms with van der Waals surface area (Å²) in [6, 6.07) is 1.33. The number of carbonyl (C=O) groups excluding carboxylic acids is 2. The fraction of sp³-hybridized carbons (Fsp3) is 0.400. The molecular formula is C15H21NO6. The molecule has 1 unspecified atom stereocenters. The average molecular weight is 311 g/mol. The van der Waals surface area contributed by atoms with Gasteiger partial charge >= 0.3 is 5.63 Å². The molecule has 0 aromatic carbocycles. The molecule has 122 valence electrons. The number of allylic oxidation sites excluding steroid dienone is 1. The maximum atomic E-state index is 11.4. The van der Waals surface area contributed by atoms with Crippen LogP contribution in [0.3, 0.4) is 0 Å². The SMILES string of the molecule is CN/C=C/CCC(C)c1cc(O)c(C=O)c(=O)o1.COC=O. The van der Waals surface area contributed by atoms with Crippen molar-refractivity contribution < 1.29 is 23.8 Å². The summed E-state index contributed by atoms with van der Waals surface area (Å²) in [6.07, 6.45) is 5.69. The summed E-state index contributed by atoms with van der Waals surface area (Å²) in [7, 11) is 3.13. The Kier molecular flexibility index (Phi) is 9.83. The number of aromatic hydroxyl groups is 1. The van der Waals surface area contributed by atoms with Gasteiger partial charge in [-0.2, -0.15) is 0 Å². The Balaban J connectivity index is 0.000000980. The minimum atomic E-state index is -0.794. The smallest absolute Gasteiger partial charge is 0.350 e. The molecule has 1 aromatic rings. The van der Waals surface area contributed by atoms with Crippen LogP contribution in [-0.4, -0.2) is 32.0 Å². The third-order valence-electron chi connectivity index (χ3n) is 2.74. The van der Waals surface area contributed by atoms with Crippen LogP contribution in [0.25, 0.3) is 0 Å². The first-order valence-corrected chi connectivity index (χ1v) is 6.62. The number of nitrogens with one attached hydrogen (secondary N) is 1. The summed E-state index contributed by atoms with van der Waals surface area (Å²) in [6.45, 7) is 2.27.